The zero-order valence-corrected chi connectivity index (χ0v) is 19.1. The number of hydrogen-bond donors (Lipinski definition) is 3. The van der Waals surface area contributed by atoms with Crippen molar-refractivity contribution in [3.63, 3.8) is 0 Å². The molecule has 2 aromatic carbocycles. The normalized spacial score (nSPS) is 18.7. The number of hydrogen-bond acceptors (Lipinski definition) is 6. The van der Waals surface area contributed by atoms with Gasteiger partial charge in [-0.05, 0) is 30.9 Å². The average Bonchev–Trinajstić information content (AvgIpc) is 3.49. The first kappa shape index (κ1) is 21.8. The highest BCUT2D eigenvalue weighted by atomic mass is 32.1. The summed E-state index contributed by atoms with van der Waals surface area (Å²) < 4.78 is 0. The van der Waals surface area contributed by atoms with Crippen LogP contribution >= 0.6 is 11.3 Å². The number of thiazole rings is 1. The molecular formula is C24H21N5O4S. The Hall–Kier alpha value is -4.05. The van der Waals surface area contributed by atoms with Gasteiger partial charge in [-0.25, -0.2) is 9.78 Å². The molecule has 1 spiro atoms. The molecule has 172 valence electrons. The van der Waals surface area contributed by atoms with E-state index in [1.165, 1.54) is 11.3 Å². The lowest BCUT2D eigenvalue weighted by Crippen LogP contribution is -2.48. The van der Waals surface area contributed by atoms with Crippen LogP contribution in [0.25, 0.3) is 10.6 Å². The molecule has 3 N–H and O–H groups in total. The summed E-state index contributed by atoms with van der Waals surface area (Å²) in [5, 5.41) is 3.46. The van der Waals surface area contributed by atoms with E-state index in [1.807, 2.05) is 54.6 Å². The topological polar surface area (TPSA) is 120 Å². The fraction of sp³-hybridized carbons (Fsp3) is 0.208. The smallest absolute Gasteiger partial charge is 0.319 e. The largest absolute Gasteiger partial charge is 0.325 e. The minimum absolute atomic E-state index is 0.357. The SMILES string of the molecule is Cc1nc(-c2ccccc2)sc1C(=O)NNC(=O)CN1C(=O)N[C@]2(CCc3ccccc32)C1=O. The lowest BCUT2D eigenvalue weighted by molar-refractivity contribution is -0.135. The predicted molar refractivity (Wildman–Crippen MR) is 125 cm³/mol. The summed E-state index contributed by atoms with van der Waals surface area (Å²) in [4.78, 5) is 56.5. The lowest BCUT2D eigenvalue weighted by atomic mass is 9.92. The molecule has 5 amide bonds. The highest BCUT2D eigenvalue weighted by Gasteiger charge is 2.55. The summed E-state index contributed by atoms with van der Waals surface area (Å²) in [5.41, 5.74) is 6.69. The molecule has 1 saturated heterocycles. The highest BCUT2D eigenvalue weighted by molar-refractivity contribution is 7.17. The van der Waals surface area contributed by atoms with Crippen LogP contribution in [0.15, 0.2) is 54.6 Å². The fourth-order valence-corrected chi connectivity index (χ4v) is 5.38. The Morgan fingerprint density at radius 3 is 2.62 bits per heavy atom. The van der Waals surface area contributed by atoms with Gasteiger partial charge in [0.15, 0.2) is 0 Å². The van der Waals surface area contributed by atoms with E-state index in [-0.39, 0.29) is 0 Å². The summed E-state index contributed by atoms with van der Waals surface area (Å²) in [5.74, 6) is -1.68. The Morgan fingerprint density at radius 1 is 1.09 bits per heavy atom. The number of rotatable bonds is 4. The number of carbonyl (C=O) groups is 4. The first-order chi connectivity index (χ1) is 16.4. The van der Waals surface area contributed by atoms with E-state index < -0.39 is 35.8 Å². The van der Waals surface area contributed by atoms with Gasteiger partial charge in [0, 0.05) is 5.56 Å². The number of aromatic nitrogens is 1. The van der Waals surface area contributed by atoms with Gasteiger partial charge in [-0.2, -0.15) is 0 Å². The Morgan fingerprint density at radius 2 is 1.82 bits per heavy atom. The van der Waals surface area contributed by atoms with E-state index in [1.54, 1.807) is 6.92 Å². The molecule has 10 heteroatoms. The third kappa shape index (κ3) is 3.61. The first-order valence-corrected chi connectivity index (χ1v) is 11.6. The molecule has 34 heavy (non-hydrogen) atoms. The van der Waals surface area contributed by atoms with Crippen molar-refractivity contribution < 1.29 is 19.2 Å². The van der Waals surface area contributed by atoms with Crippen LogP contribution in [0, 0.1) is 6.92 Å². The Labute approximate surface area is 199 Å². The summed E-state index contributed by atoms with van der Waals surface area (Å²) in [7, 11) is 0. The molecule has 0 bridgehead atoms. The second-order valence-electron chi connectivity index (χ2n) is 8.19. The van der Waals surface area contributed by atoms with Crippen LogP contribution in [0.3, 0.4) is 0 Å². The van der Waals surface area contributed by atoms with Crippen molar-refractivity contribution in [1.82, 2.24) is 26.1 Å². The Balaban J connectivity index is 1.23. The van der Waals surface area contributed by atoms with Crippen molar-refractivity contribution in [2.75, 3.05) is 6.54 Å². The molecular weight excluding hydrogens is 454 g/mol. The molecule has 2 aliphatic rings. The maximum absolute atomic E-state index is 13.1. The van der Waals surface area contributed by atoms with Crippen LogP contribution in [0.2, 0.25) is 0 Å². The first-order valence-electron chi connectivity index (χ1n) is 10.7. The van der Waals surface area contributed by atoms with E-state index in [9.17, 15) is 19.2 Å². The minimum Gasteiger partial charge on any atom is -0.319 e. The Kier molecular flexibility index (Phi) is 5.37. The van der Waals surface area contributed by atoms with Gasteiger partial charge in [-0.1, -0.05) is 54.6 Å². The minimum atomic E-state index is -1.13. The van der Waals surface area contributed by atoms with E-state index in [0.717, 1.165) is 21.6 Å². The number of fused-ring (bicyclic) bond motifs is 2. The molecule has 1 atom stereocenters. The second kappa shape index (κ2) is 8.38. The van der Waals surface area contributed by atoms with Crippen molar-refractivity contribution in [2.45, 2.75) is 25.3 Å². The van der Waals surface area contributed by atoms with Gasteiger partial charge in [-0.15, -0.1) is 11.3 Å². The summed E-state index contributed by atoms with van der Waals surface area (Å²) in [6.45, 7) is 1.21. The lowest BCUT2D eigenvalue weighted by Gasteiger charge is -2.22. The van der Waals surface area contributed by atoms with Gasteiger partial charge in [0.1, 0.15) is 22.0 Å². The molecule has 2 heterocycles. The number of aryl methyl sites for hydroxylation is 2. The van der Waals surface area contributed by atoms with Crippen molar-refractivity contribution in [2.24, 2.45) is 0 Å². The second-order valence-corrected chi connectivity index (χ2v) is 9.18. The summed E-state index contributed by atoms with van der Waals surface area (Å²) in [6.07, 6.45) is 1.11. The van der Waals surface area contributed by atoms with Crippen LogP contribution < -0.4 is 16.2 Å². The van der Waals surface area contributed by atoms with E-state index in [2.05, 4.69) is 21.2 Å². The van der Waals surface area contributed by atoms with Crippen LogP contribution in [0.5, 0.6) is 0 Å². The predicted octanol–water partition coefficient (Wildman–Crippen LogP) is 2.27. The van der Waals surface area contributed by atoms with Crippen molar-refractivity contribution in [1.29, 1.82) is 0 Å². The third-order valence-corrected chi connectivity index (χ3v) is 7.27. The quantitative estimate of drug-likeness (QED) is 0.395. The molecule has 1 fully saturated rings. The molecule has 0 radical (unpaired) electrons. The number of carbonyl (C=O) groups excluding carboxylic acids is 4. The zero-order chi connectivity index (χ0) is 23.9. The number of nitrogens with one attached hydrogen (secondary N) is 3. The van der Waals surface area contributed by atoms with Crippen LogP contribution in [-0.4, -0.2) is 40.2 Å². The fourth-order valence-electron chi connectivity index (χ4n) is 4.41. The molecule has 1 aliphatic heterocycles. The number of benzene rings is 2. The van der Waals surface area contributed by atoms with Crippen molar-refractivity contribution in [3.8, 4) is 10.6 Å². The molecule has 3 aromatic rings. The van der Waals surface area contributed by atoms with E-state index in [0.29, 0.717) is 28.4 Å². The van der Waals surface area contributed by atoms with E-state index in [4.69, 9.17) is 0 Å². The number of nitrogens with zero attached hydrogens (tertiary/aromatic N) is 2. The molecule has 1 aromatic heterocycles. The van der Waals surface area contributed by atoms with Gasteiger partial charge < -0.3 is 5.32 Å². The van der Waals surface area contributed by atoms with Gasteiger partial charge >= 0.3 is 6.03 Å². The van der Waals surface area contributed by atoms with Gasteiger partial charge in [0.05, 0.1) is 5.69 Å². The molecule has 1 aliphatic carbocycles. The standard InChI is InChI=1S/C24H21N5O4S/c1-14-19(34-21(25-14)16-8-3-2-4-9-16)20(31)28-27-18(30)13-29-22(32)24(26-23(29)33)12-11-15-7-5-6-10-17(15)24/h2-10H,11-13H2,1H3,(H,26,33)(H,27,30)(H,28,31)/t24-/m0/s1. The van der Waals surface area contributed by atoms with Crippen LogP contribution in [0.4, 0.5) is 4.79 Å². The third-order valence-electron chi connectivity index (χ3n) is 6.06. The molecule has 5 rings (SSSR count). The monoisotopic (exact) mass is 475 g/mol. The van der Waals surface area contributed by atoms with Crippen molar-refractivity contribution >= 4 is 35.1 Å². The number of urea groups is 1. The Bertz CT molecular complexity index is 1320. The molecule has 0 unspecified atom stereocenters. The van der Waals surface area contributed by atoms with Gasteiger partial charge in [-0.3, -0.25) is 30.1 Å². The maximum Gasteiger partial charge on any atom is 0.325 e. The summed E-state index contributed by atoms with van der Waals surface area (Å²) >= 11 is 1.21. The highest BCUT2D eigenvalue weighted by Crippen LogP contribution is 2.41. The summed E-state index contributed by atoms with van der Waals surface area (Å²) in [6, 6.07) is 16.3. The number of amides is 5. The van der Waals surface area contributed by atoms with Crippen molar-refractivity contribution in [3.05, 3.63) is 76.3 Å². The van der Waals surface area contributed by atoms with E-state index >= 15 is 0 Å². The van der Waals surface area contributed by atoms with Gasteiger partial charge in [0.25, 0.3) is 17.7 Å². The number of imide groups is 1. The maximum atomic E-state index is 13.1. The number of hydrazine groups is 1. The van der Waals surface area contributed by atoms with Gasteiger partial charge in [0.2, 0.25) is 0 Å². The molecule has 9 nitrogen and oxygen atoms in total. The average molecular weight is 476 g/mol. The zero-order valence-electron chi connectivity index (χ0n) is 18.3. The van der Waals surface area contributed by atoms with Crippen LogP contribution in [0.1, 0.15) is 32.9 Å². The van der Waals surface area contributed by atoms with Crippen LogP contribution in [-0.2, 0) is 21.5 Å². The molecule has 0 saturated carbocycles.